The van der Waals surface area contributed by atoms with Crippen molar-refractivity contribution in [3.63, 3.8) is 0 Å². The van der Waals surface area contributed by atoms with Crippen molar-refractivity contribution >= 4 is 0 Å². The second kappa shape index (κ2) is 6.69. The van der Waals surface area contributed by atoms with Gasteiger partial charge in [0.05, 0.1) is 13.2 Å². The number of benzene rings is 2. The van der Waals surface area contributed by atoms with Crippen molar-refractivity contribution in [3.8, 4) is 11.8 Å². The highest BCUT2D eigenvalue weighted by Gasteiger charge is 2.11. The fourth-order valence-corrected chi connectivity index (χ4v) is 1.95. The molecule has 3 nitrogen and oxygen atoms in total. The summed E-state index contributed by atoms with van der Waals surface area (Å²) in [4.78, 5) is 0. The van der Waals surface area contributed by atoms with E-state index in [1.54, 1.807) is 19.2 Å². The van der Waals surface area contributed by atoms with E-state index >= 15 is 0 Å². The normalized spacial score (nSPS) is 11.7. The molecule has 2 aromatic carbocycles. The molecule has 0 heterocycles. The van der Waals surface area contributed by atoms with Crippen molar-refractivity contribution in [1.29, 1.82) is 5.26 Å². The maximum atomic E-state index is 12.9. The van der Waals surface area contributed by atoms with Gasteiger partial charge in [0.1, 0.15) is 17.6 Å². The van der Waals surface area contributed by atoms with Gasteiger partial charge in [0, 0.05) is 12.1 Å². The molecule has 0 aliphatic heterocycles. The van der Waals surface area contributed by atoms with Gasteiger partial charge in [-0.3, -0.25) is 5.32 Å². The summed E-state index contributed by atoms with van der Waals surface area (Å²) in [6, 6.07) is 15.2. The van der Waals surface area contributed by atoms with Crippen molar-refractivity contribution in [2.75, 3.05) is 7.11 Å². The third-order valence-corrected chi connectivity index (χ3v) is 3.02. The lowest BCUT2D eigenvalue weighted by molar-refractivity contribution is 0.407. The van der Waals surface area contributed by atoms with Crippen LogP contribution in [0.2, 0.25) is 0 Å². The monoisotopic (exact) mass is 270 g/mol. The molecule has 2 aromatic rings. The Kier molecular flexibility index (Phi) is 4.70. The van der Waals surface area contributed by atoms with Gasteiger partial charge in [-0.25, -0.2) is 4.39 Å². The Hall–Kier alpha value is -2.38. The number of nitrogens with zero attached hydrogens (tertiary/aromatic N) is 1. The first-order valence-electron chi connectivity index (χ1n) is 6.25. The highest BCUT2D eigenvalue weighted by atomic mass is 19.1. The van der Waals surface area contributed by atoms with E-state index in [4.69, 9.17) is 4.74 Å². The molecule has 0 aliphatic rings. The third-order valence-electron chi connectivity index (χ3n) is 3.02. The fraction of sp³-hybridized carbons (Fsp3) is 0.188. The minimum absolute atomic E-state index is 0.310. The maximum Gasteiger partial charge on any atom is 0.123 e. The van der Waals surface area contributed by atoms with Crippen LogP contribution in [0.5, 0.6) is 5.75 Å². The standard InChI is InChI=1S/C16H15FN2O/c1-20-16-5-3-2-4-13(16)11-19-15(10-18)12-6-8-14(17)9-7-12/h2-9,15,19H,11H2,1H3. The second-order valence-electron chi connectivity index (χ2n) is 4.31. The van der Waals surface area contributed by atoms with Gasteiger partial charge < -0.3 is 4.74 Å². The summed E-state index contributed by atoms with van der Waals surface area (Å²) in [6.45, 7) is 0.500. The topological polar surface area (TPSA) is 45.0 Å². The Morgan fingerprint density at radius 2 is 1.90 bits per heavy atom. The highest BCUT2D eigenvalue weighted by Crippen LogP contribution is 2.19. The maximum absolute atomic E-state index is 12.9. The van der Waals surface area contributed by atoms with E-state index in [9.17, 15) is 9.65 Å². The molecule has 0 aliphatic carbocycles. The van der Waals surface area contributed by atoms with Crippen LogP contribution in [0.25, 0.3) is 0 Å². The molecule has 0 saturated heterocycles. The van der Waals surface area contributed by atoms with Gasteiger partial charge in [0.25, 0.3) is 0 Å². The van der Waals surface area contributed by atoms with E-state index in [2.05, 4.69) is 11.4 Å². The average molecular weight is 270 g/mol. The lowest BCUT2D eigenvalue weighted by Gasteiger charge is -2.13. The molecule has 102 valence electrons. The van der Waals surface area contributed by atoms with E-state index in [1.165, 1.54) is 12.1 Å². The molecule has 0 radical (unpaired) electrons. The first-order chi connectivity index (χ1) is 9.74. The summed E-state index contributed by atoms with van der Waals surface area (Å²) in [5.74, 6) is 0.464. The Balaban J connectivity index is 2.08. The summed E-state index contributed by atoms with van der Waals surface area (Å²) < 4.78 is 18.1. The van der Waals surface area contributed by atoms with Crippen LogP contribution in [0.3, 0.4) is 0 Å². The lowest BCUT2D eigenvalue weighted by atomic mass is 10.1. The van der Waals surface area contributed by atoms with Gasteiger partial charge in [0.15, 0.2) is 0 Å². The number of nitriles is 1. The number of rotatable bonds is 5. The van der Waals surface area contributed by atoms with Gasteiger partial charge in [0.2, 0.25) is 0 Å². The number of ether oxygens (including phenoxy) is 1. The number of nitrogens with one attached hydrogen (secondary N) is 1. The van der Waals surface area contributed by atoms with Crippen LogP contribution in [0.1, 0.15) is 17.2 Å². The van der Waals surface area contributed by atoms with Crippen molar-refractivity contribution in [1.82, 2.24) is 5.32 Å². The smallest absolute Gasteiger partial charge is 0.123 e. The molecule has 2 rings (SSSR count). The fourth-order valence-electron chi connectivity index (χ4n) is 1.95. The lowest BCUT2D eigenvalue weighted by Crippen LogP contribution is -2.19. The van der Waals surface area contributed by atoms with Crippen molar-refractivity contribution in [2.24, 2.45) is 0 Å². The van der Waals surface area contributed by atoms with Crippen molar-refractivity contribution in [2.45, 2.75) is 12.6 Å². The predicted octanol–water partition coefficient (Wildman–Crippen LogP) is 3.19. The zero-order valence-electron chi connectivity index (χ0n) is 11.1. The van der Waals surface area contributed by atoms with Crippen LogP contribution < -0.4 is 10.1 Å². The largest absolute Gasteiger partial charge is 0.496 e. The molecule has 1 atom stereocenters. The first-order valence-corrected chi connectivity index (χ1v) is 6.25. The molecule has 1 unspecified atom stereocenters. The first kappa shape index (κ1) is 14.0. The summed E-state index contributed by atoms with van der Waals surface area (Å²) in [5, 5.41) is 12.3. The number of hydrogen-bond donors (Lipinski definition) is 1. The predicted molar refractivity (Wildman–Crippen MR) is 74.6 cm³/mol. The molecule has 0 spiro atoms. The average Bonchev–Trinajstić information content (AvgIpc) is 2.50. The SMILES string of the molecule is COc1ccccc1CNC(C#N)c1ccc(F)cc1. The second-order valence-corrected chi connectivity index (χ2v) is 4.31. The van der Waals surface area contributed by atoms with Crippen LogP contribution in [0.15, 0.2) is 48.5 Å². The van der Waals surface area contributed by atoms with E-state index in [-0.39, 0.29) is 5.82 Å². The van der Waals surface area contributed by atoms with Gasteiger partial charge in [-0.2, -0.15) is 5.26 Å². The van der Waals surface area contributed by atoms with Crippen LogP contribution in [-0.4, -0.2) is 7.11 Å². The summed E-state index contributed by atoms with van der Waals surface area (Å²) in [6.07, 6.45) is 0. The number of hydrogen-bond acceptors (Lipinski definition) is 3. The van der Waals surface area contributed by atoms with Crippen LogP contribution in [0.4, 0.5) is 4.39 Å². The summed E-state index contributed by atoms with van der Waals surface area (Å²) in [7, 11) is 1.61. The van der Waals surface area contributed by atoms with Gasteiger partial charge in [-0.05, 0) is 23.8 Å². The van der Waals surface area contributed by atoms with E-state index in [0.29, 0.717) is 6.54 Å². The number of para-hydroxylation sites is 1. The number of methoxy groups -OCH3 is 1. The molecule has 4 heteroatoms. The van der Waals surface area contributed by atoms with Gasteiger partial charge in [-0.15, -0.1) is 0 Å². The van der Waals surface area contributed by atoms with Crippen molar-refractivity contribution < 1.29 is 9.13 Å². The Morgan fingerprint density at radius 1 is 1.20 bits per heavy atom. The zero-order valence-corrected chi connectivity index (χ0v) is 11.1. The molecule has 0 aromatic heterocycles. The quantitative estimate of drug-likeness (QED) is 0.907. The minimum Gasteiger partial charge on any atom is -0.496 e. The molecule has 20 heavy (non-hydrogen) atoms. The van der Waals surface area contributed by atoms with Gasteiger partial charge in [-0.1, -0.05) is 30.3 Å². The summed E-state index contributed by atoms with van der Waals surface area (Å²) >= 11 is 0. The molecule has 1 N–H and O–H groups in total. The zero-order chi connectivity index (χ0) is 14.4. The third kappa shape index (κ3) is 3.34. The molecule has 0 bridgehead atoms. The van der Waals surface area contributed by atoms with Crippen LogP contribution in [0, 0.1) is 17.1 Å². The van der Waals surface area contributed by atoms with Gasteiger partial charge >= 0.3 is 0 Å². The number of halogens is 1. The Morgan fingerprint density at radius 3 is 2.55 bits per heavy atom. The van der Waals surface area contributed by atoms with E-state index in [1.807, 2.05) is 24.3 Å². The highest BCUT2D eigenvalue weighted by molar-refractivity contribution is 5.33. The molecule has 0 saturated carbocycles. The molecule has 0 amide bonds. The van der Waals surface area contributed by atoms with Crippen LogP contribution in [-0.2, 0) is 6.54 Å². The van der Waals surface area contributed by atoms with E-state index in [0.717, 1.165) is 16.9 Å². The molecular weight excluding hydrogens is 255 g/mol. The molecule has 0 fully saturated rings. The minimum atomic E-state index is -0.486. The molecular formula is C16H15FN2O. The van der Waals surface area contributed by atoms with Crippen LogP contribution >= 0.6 is 0 Å². The Labute approximate surface area is 117 Å². The van der Waals surface area contributed by atoms with E-state index < -0.39 is 6.04 Å². The van der Waals surface area contributed by atoms with Crippen molar-refractivity contribution in [3.05, 3.63) is 65.5 Å². The Bertz CT molecular complexity index is 605. The summed E-state index contributed by atoms with van der Waals surface area (Å²) in [5.41, 5.74) is 1.71.